The second kappa shape index (κ2) is 5.18. The molecule has 0 saturated heterocycles. The fourth-order valence-corrected chi connectivity index (χ4v) is 1.63. The first-order valence-electron chi connectivity index (χ1n) is 4.27. The van der Waals surface area contributed by atoms with Crippen molar-refractivity contribution in [3.05, 3.63) is 41.2 Å². The standard InChI is InChI=1S/C11H12BrF/c1-2-9(8-12)6-10-4-3-5-11(13)7-10/h3-7H,2,8H2,1H3. The van der Waals surface area contributed by atoms with E-state index in [0.29, 0.717) is 0 Å². The van der Waals surface area contributed by atoms with Crippen LogP contribution in [-0.2, 0) is 0 Å². The number of allylic oxidation sites excluding steroid dienone is 1. The summed E-state index contributed by atoms with van der Waals surface area (Å²) in [6.07, 6.45) is 3.00. The fourth-order valence-electron chi connectivity index (χ4n) is 1.07. The van der Waals surface area contributed by atoms with Gasteiger partial charge in [-0.1, -0.05) is 46.6 Å². The molecule has 0 N–H and O–H groups in total. The van der Waals surface area contributed by atoms with Crippen molar-refractivity contribution < 1.29 is 4.39 Å². The van der Waals surface area contributed by atoms with Crippen molar-refractivity contribution >= 4 is 22.0 Å². The Balaban J connectivity index is 2.89. The van der Waals surface area contributed by atoms with E-state index in [-0.39, 0.29) is 5.82 Å². The summed E-state index contributed by atoms with van der Waals surface area (Å²) in [4.78, 5) is 0. The van der Waals surface area contributed by atoms with Gasteiger partial charge in [0.05, 0.1) is 0 Å². The monoisotopic (exact) mass is 242 g/mol. The molecule has 0 amide bonds. The van der Waals surface area contributed by atoms with Crippen LogP contribution in [0.3, 0.4) is 0 Å². The van der Waals surface area contributed by atoms with Gasteiger partial charge in [-0.3, -0.25) is 0 Å². The van der Waals surface area contributed by atoms with E-state index in [0.717, 1.165) is 17.3 Å². The molecule has 0 unspecified atom stereocenters. The molecule has 0 fully saturated rings. The molecule has 0 aromatic heterocycles. The summed E-state index contributed by atoms with van der Waals surface area (Å²) in [5, 5.41) is 0.847. The second-order valence-corrected chi connectivity index (χ2v) is 3.41. The predicted molar refractivity (Wildman–Crippen MR) is 58.5 cm³/mol. The van der Waals surface area contributed by atoms with E-state index in [1.54, 1.807) is 12.1 Å². The first kappa shape index (κ1) is 10.5. The van der Waals surface area contributed by atoms with E-state index in [1.807, 2.05) is 12.1 Å². The molecule has 0 radical (unpaired) electrons. The Morgan fingerprint density at radius 3 is 2.85 bits per heavy atom. The highest BCUT2D eigenvalue weighted by Gasteiger charge is 1.94. The van der Waals surface area contributed by atoms with E-state index >= 15 is 0 Å². The third kappa shape index (κ3) is 3.31. The molecule has 0 saturated carbocycles. The summed E-state index contributed by atoms with van der Waals surface area (Å²) in [7, 11) is 0. The molecule has 1 aromatic rings. The van der Waals surface area contributed by atoms with E-state index in [9.17, 15) is 4.39 Å². The maximum absolute atomic E-state index is 12.8. The Hall–Kier alpha value is -0.630. The van der Waals surface area contributed by atoms with Crippen molar-refractivity contribution in [2.45, 2.75) is 13.3 Å². The zero-order valence-corrected chi connectivity index (χ0v) is 9.14. The van der Waals surface area contributed by atoms with Crippen LogP contribution in [0.4, 0.5) is 4.39 Å². The third-order valence-electron chi connectivity index (χ3n) is 1.85. The second-order valence-electron chi connectivity index (χ2n) is 2.84. The Morgan fingerprint density at radius 1 is 1.54 bits per heavy atom. The summed E-state index contributed by atoms with van der Waals surface area (Å²) in [6, 6.07) is 6.62. The van der Waals surface area contributed by atoms with Gasteiger partial charge in [-0.15, -0.1) is 0 Å². The Morgan fingerprint density at radius 2 is 2.31 bits per heavy atom. The molecule has 0 aliphatic heterocycles. The highest BCUT2D eigenvalue weighted by Crippen LogP contribution is 2.12. The van der Waals surface area contributed by atoms with Crippen molar-refractivity contribution in [3.63, 3.8) is 0 Å². The number of hydrogen-bond acceptors (Lipinski definition) is 0. The highest BCUT2D eigenvalue weighted by molar-refractivity contribution is 9.09. The zero-order valence-electron chi connectivity index (χ0n) is 7.56. The van der Waals surface area contributed by atoms with Gasteiger partial charge in [-0.25, -0.2) is 4.39 Å². The van der Waals surface area contributed by atoms with Crippen LogP contribution in [-0.4, -0.2) is 5.33 Å². The van der Waals surface area contributed by atoms with Crippen LogP contribution in [0, 0.1) is 5.82 Å². The van der Waals surface area contributed by atoms with Crippen molar-refractivity contribution in [1.29, 1.82) is 0 Å². The normalized spacial score (nSPS) is 11.8. The molecule has 0 aliphatic carbocycles. The average molecular weight is 243 g/mol. The van der Waals surface area contributed by atoms with Crippen LogP contribution in [0.1, 0.15) is 18.9 Å². The van der Waals surface area contributed by atoms with Crippen LogP contribution >= 0.6 is 15.9 Å². The molecular formula is C11H12BrF. The van der Waals surface area contributed by atoms with Crippen LogP contribution in [0.15, 0.2) is 29.8 Å². The Kier molecular flexibility index (Phi) is 4.16. The van der Waals surface area contributed by atoms with Crippen LogP contribution < -0.4 is 0 Å². The minimum atomic E-state index is -0.182. The molecule has 0 atom stereocenters. The Labute approximate surface area is 86.6 Å². The topological polar surface area (TPSA) is 0 Å². The summed E-state index contributed by atoms with van der Waals surface area (Å²) >= 11 is 3.39. The van der Waals surface area contributed by atoms with Gasteiger partial charge in [0.2, 0.25) is 0 Å². The predicted octanol–water partition coefficient (Wildman–Crippen LogP) is 4.01. The number of alkyl halides is 1. The molecule has 0 nitrogen and oxygen atoms in total. The van der Waals surface area contributed by atoms with E-state index < -0.39 is 0 Å². The molecule has 2 heteroatoms. The van der Waals surface area contributed by atoms with E-state index in [4.69, 9.17) is 0 Å². The van der Waals surface area contributed by atoms with Crippen LogP contribution in [0.5, 0.6) is 0 Å². The Bertz CT molecular complexity index is 299. The van der Waals surface area contributed by atoms with Crippen LogP contribution in [0.25, 0.3) is 6.08 Å². The zero-order chi connectivity index (χ0) is 9.68. The van der Waals surface area contributed by atoms with E-state index in [1.165, 1.54) is 11.6 Å². The quantitative estimate of drug-likeness (QED) is 0.703. The summed E-state index contributed by atoms with van der Waals surface area (Å²) in [6.45, 7) is 2.09. The van der Waals surface area contributed by atoms with Gasteiger partial charge in [0, 0.05) is 5.33 Å². The largest absolute Gasteiger partial charge is 0.207 e. The van der Waals surface area contributed by atoms with Gasteiger partial charge in [-0.2, -0.15) is 0 Å². The van der Waals surface area contributed by atoms with Crippen molar-refractivity contribution in [1.82, 2.24) is 0 Å². The molecule has 1 aromatic carbocycles. The molecular weight excluding hydrogens is 231 g/mol. The number of hydrogen-bond donors (Lipinski definition) is 0. The molecule has 13 heavy (non-hydrogen) atoms. The van der Waals surface area contributed by atoms with Gasteiger partial charge in [0.25, 0.3) is 0 Å². The lowest BCUT2D eigenvalue weighted by molar-refractivity contribution is 0.627. The maximum atomic E-state index is 12.8. The smallest absolute Gasteiger partial charge is 0.123 e. The third-order valence-corrected chi connectivity index (χ3v) is 2.57. The maximum Gasteiger partial charge on any atom is 0.123 e. The summed E-state index contributed by atoms with van der Waals surface area (Å²) < 4.78 is 12.8. The number of rotatable bonds is 3. The minimum absolute atomic E-state index is 0.182. The molecule has 70 valence electrons. The lowest BCUT2D eigenvalue weighted by Gasteiger charge is -1.99. The van der Waals surface area contributed by atoms with E-state index in [2.05, 4.69) is 22.9 Å². The van der Waals surface area contributed by atoms with Crippen LogP contribution in [0.2, 0.25) is 0 Å². The minimum Gasteiger partial charge on any atom is -0.207 e. The summed E-state index contributed by atoms with van der Waals surface area (Å²) in [5.74, 6) is -0.182. The first-order chi connectivity index (χ1) is 6.26. The molecule has 0 aliphatic rings. The SMILES string of the molecule is CCC(=Cc1cccc(F)c1)CBr. The number of halogens is 2. The number of benzene rings is 1. The van der Waals surface area contributed by atoms with Gasteiger partial charge >= 0.3 is 0 Å². The van der Waals surface area contributed by atoms with Gasteiger partial charge in [0.1, 0.15) is 5.82 Å². The summed E-state index contributed by atoms with van der Waals surface area (Å²) in [5.41, 5.74) is 2.20. The first-order valence-corrected chi connectivity index (χ1v) is 5.39. The van der Waals surface area contributed by atoms with Gasteiger partial charge < -0.3 is 0 Å². The molecule has 0 heterocycles. The van der Waals surface area contributed by atoms with Crippen molar-refractivity contribution in [2.24, 2.45) is 0 Å². The van der Waals surface area contributed by atoms with Gasteiger partial charge in [-0.05, 0) is 24.1 Å². The fraction of sp³-hybridized carbons (Fsp3) is 0.273. The lowest BCUT2D eigenvalue weighted by atomic mass is 10.1. The highest BCUT2D eigenvalue weighted by atomic mass is 79.9. The lowest BCUT2D eigenvalue weighted by Crippen LogP contribution is -1.83. The molecule has 1 rings (SSSR count). The van der Waals surface area contributed by atoms with Gasteiger partial charge in [0.15, 0.2) is 0 Å². The van der Waals surface area contributed by atoms with Crippen molar-refractivity contribution in [3.8, 4) is 0 Å². The van der Waals surface area contributed by atoms with Crippen molar-refractivity contribution in [2.75, 3.05) is 5.33 Å². The molecule has 0 bridgehead atoms. The average Bonchev–Trinajstić information content (AvgIpc) is 2.14. The molecule has 0 spiro atoms.